The molecular weight excluding hydrogens is 314 g/mol. The number of carbonyl (C=O) groups excluding carboxylic acids is 1. The standard InChI is InChI=1S/C17H13NO4S/c19-15-12-8-4-5-9-13(12)17(11-6-2-1-3-7-11)18(15)14(10-23-17)22-16(20)21/h1-9,14H,10H2,(H,20,21). The van der Waals surface area contributed by atoms with Crippen molar-refractivity contribution in [3.8, 4) is 0 Å². The van der Waals surface area contributed by atoms with Crippen molar-refractivity contribution in [2.45, 2.75) is 11.1 Å². The summed E-state index contributed by atoms with van der Waals surface area (Å²) >= 11 is 1.53. The minimum Gasteiger partial charge on any atom is -0.450 e. The number of thioether (sulfide) groups is 1. The molecule has 2 aliphatic rings. The summed E-state index contributed by atoms with van der Waals surface area (Å²) in [6.45, 7) is 0. The van der Waals surface area contributed by atoms with Crippen molar-refractivity contribution < 1.29 is 19.4 Å². The highest BCUT2D eigenvalue weighted by atomic mass is 32.2. The third-order valence-corrected chi connectivity index (χ3v) is 5.73. The van der Waals surface area contributed by atoms with Gasteiger partial charge in [-0.15, -0.1) is 11.8 Å². The fourth-order valence-electron chi connectivity index (χ4n) is 3.36. The van der Waals surface area contributed by atoms with Crippen molar-refractivity contribution in [3.63, 3.8) is 0 Å². The molecule has 2 heterocycles. The second kappa shape index (κ2) is 5.03. The third-order valence-electron chi connectivity index (χ3n) is 4.21. The highest BCUT2D eigenvalue weighted by Gasteiger charge is 2.59. The van der Waals surface area contributed by atoms with E-state index in [1.54, 1.807) is 11.0 Å². The number of hydrogen-bond acceptors (Lipinski definition) is 4. The van der Waals surface area contributed by atoms with Gasteiger partial charge in [-0.3, -0.25) is 9.69 Å². The van der Waals surface area contributed by atoms with Crippen LogP contribution in [0.25, 0.3) is 0 Å². The summed E-state index contributed by atoms with van der Waals surface area (Å²) in [6.07, 6.45) is -2.17. The van der Waals surface area contributed by atoms with E-state index in [1.807, 2.05) is 48.5 Å². The molecule has 116 valence electrons. The molecule has 6 heteroatoms. The van der Waals surface area contributed by atoms with Crippen molar-refractivity contribution in [3.05, 3.63) is 71.3 Å². The van der Waals surface area contributed by atoms with Crippen LogP contribution in [0.5, 0.6) is 0 Å². The van der Waals surface area contributed by atoms with Crippen LogP contribution in [0.2, 0.25) is 0 Å². The number of ether oxygens (including phenoxy) is 1. The molecule has 0 aliphatic carbocycles. The van der Waals surface area contributed by atoms with Crippen LogP contribution < -0.4 is 0 Å². The normalized spacial score (nSPS) is 25.1. The van der Waals surface area contributed by atoms with Crippen LogP contribution in [-0.4, -0.2) is 34.0 Å². The molecule has 1 saturated heterocycles. The molecule has 0 saturated carbocycles. The monoisotopic (exact) mass is 327 g/mol. The number of carboxylic acid groups (broad SMARTS) is 1. The highest BCUT2D eigenvalue weighted by molar-refractivity contribution is 8.00. The van der Waals surface area contributed by atoms with Gasteiger partial charge in [0.25, 0.3) is 5.91 Å². The largest absolute Gasteiger partial charge is 0.507 e. The first-order valence-electron chi connectivity index (χ1n) is 7.17. The lowest BCUT2D eigenvalue weighted by molar-refractivity contribution is -0.0176. The molecule has 4 rings (SSSR count). The molecule has 0 aromatic heterocycles. The first-order chi connectivity index (χ1) is 11.1. The molecular formula is C17H13NO4S. The van der Waals surface area contributed by atoms with Crippen LogP contribution in [-0.2, 0) is 9.61 Å². The summed E-state index contributed by atoms with van der Waals surface area (Å²) < 4.78 is 4.97. The Morgan fingerprint density at radius 2 is 1.87 bits per heavy atom. The average molecular weight is 327 g/mol. The van der Waals surface area contributed by atoms with Gasteiger partial charge in [-0.2, -0.15) is 0 Å². The van der Waals surface area contributed by atoms with Crippen LogP contribution in [0.4, 0.5) is 4.79 Å². The summed E-state index contributed by atoms with van der Waals surface area (Å²) in [5.74, 6) is 0.210. The first-order valence-corrected chi connectivity index (χ1v) is 8.15. The van der Waals surface area contributed by atoms with Gasteiger partial charge in [-0.05, 0) is 11.6 Å². The van der Waals surface area contributed by atoms with Gasteiger partial charge in [0, 0.05) is 11.1 Å². The lowest BCUT2D eigenvalue weighted by Gasteiger charge is -2.34. The number of fused-ring (bicyclic) bond motifs is 3. The molecule has 5 nitrogen and oxygen atoms in total. The molecule has 0 radical (unpaired) electrons. The molecule has 2 aliphatic heterocycles. The zero-order valence-electron chi connectivity index (χ0n) is 12.0. The van der Waals surface area contributed by atoms with Gasteiger partial charge >= 0.3 is 6.16 Å². The summed E-state index contributed by atoms with van der Waals surface area (Å²) in [5, 5.41) is 8.98. The topological polar surface area (TPSA) is 66.8 Å². The van der Waals surface area contributed by atoms with Crippen LogP contribution in [0, 0.1) is 0 Å². The Morgan fingerprint density at radius 3 is 2.61 bits per heavy atom. The first kappa shape index (κ1) is 14.1. The second-order valence-electron chi connectivity index (χ2n) is 5.38. The van der Waals surface area contributed by atoms with E-state index in [0.717, 1.165) is 11.1 Å². The number of hydrogen-bond donors (Lipinski definition) is 1. The number of benzene rings is 2. The van der Waals surface area contributed by atoms with Crippen molar-refractivity contribution in [2.24, 2.45) is 0 Å². The molecule has 2 aromatic rings. The van der Waals surface area contributed by atoms with Crippen LogP contribution in [0.15, 0.2) is 54.6 Å². The predicted molar refractivity (Wildman–Crippen MR) is 85.2 cm³/mol. The van der Waals surface area contributed by atoms with Gasteiger partial charge in [0.15, 0.2) is 6.23 Å². The Balaban J connectivity index is 1.92. The van der Waals surface area contributed by atoms with Crippen LogP contribution in [0.1, 0.15) is 21.5 Å². The van der Waals surface area contributed by atoms with Crippen LogP contribution in [0.3, 0.4) is 0 Å². The van der Waals surface area contributed by atoms with E-state index < -0.39 is 17.3 Å². The minimum absolute atomic E-state index is 0.194. The van der Waals surface area contributed by atoms with E-state index >= 15 is 0 Å². The van der Waals surface area contributed by atoms with E-state index in [2.05, 4.69) is 0 Å². The van der Waals surface area contributed by atoms with Crippen LogP contribution >= 0.6 is 11.8 Å². The maximum absolute atomic E-state index is 12.9. The molecule has 2 unspecified atom stereocenters. The van der Waals surface area contributed by atoms with E-state index in [4.69, 9.17) is 9.84 Å². The Morgan fingerprint density at radius 1 is 1.17 bits per heavy atom. The number of rotatable bonds is 2. The smallest absolute Gasteiger partial charge is 0.450 e. The average Bonchev–Trinajstić information content (AvgIpc) is 3.05. The minimum atomic E-state index is -1.37. The predicted octanol–water partition coefficient (Wildman–Crippen LogP) is 3.11. The quantitative estimate of drug-likeness (QED) is 0.859. The zero-order valence-corrected chi connectivity index (χ0v) is 12.8. The van der Waals surface area contributed by atoms with E-state index in [0.29, 0.717) is 11.3 Å². The SMILES string of the molecule is O=C(O)OC1CSC2(c3ccccc3)c3ccccc3C(=O)N12. The van der Waals surface area contributed by atoms with E-state index in [-0.39, 0.29) is 5.91 Å². The fourth-order valence-corrected chi connectivity index (χ4v) is 4.94. The Hall–Kier alpha value is -2.47. The number of carbonyl (C=O) groups is 2. The molecule has 2 atom stereocenters. The van der Waals surface area contributed by atoms with Crippen molar-refractivity contribution >= 4 is 23.8 Å². The van der Waals surface area contributed by atoms with Crippen molar-refractivity contribution in [2.75, 3.05) is 5.75 Å². The maximum Gasteiger partial charge on any atom is 0.507 e. The molecule has 1 amide bonds. The van der Waals surface area contributed by atoms with Gasteiger partial charge in [0.2, 0.25) is 0 Å². The lowest BCUT2D eigenvalue weighted by atomic mass is 9.97. The second-order valence-corrected chi connectivity index (χ2v) is 6.59. The third kappa shape index (κ3) is 1.88. The fraction of sp³-hybridized carbons (Fsp3) is 0.176. The maximum atomic E-state index is 12.9. The summed E-state index contributed by atoms with van der Waals surface area (Å²) in [4.78, 5) is 24.7. The van der Waals surface area contributed by atoms with E-state index in [9.17, 15) is 9.59 Å². The van der Waals surface area contributed by atoms with Crippen molar-refractivity contribution in [1.82, 2.24) is 4.90 Å². The molecule has 1 N–H and O–H groups in total. The summed E-state index contributed by atoms with van der Waals surface area (Å²) in [6, 6.07) is 17.1. The highest BCUT2D eigenvalue weighted by Crippen LogP contribution is 2.57. The molecule has 1 fully saturated rings. The Bertz CT molecular complexity index is 794. The zero-order chi connectivity index (χ0) is 16.0. The molecule has 23 heavy (non-hydrogen) atoms. The molecule has 0 spiro atoms. The van der Waals surface area contributed by atoms with Gasteiger partial charge in [-0.25, -0.2) is 4.79 Å². The van der Waals surface area contributed by atoms with Gasteiger partial charge < -0.3 is 9.84 Å². The van der Waals surface area contributed by atoms with Gasteiger partial charge in [0.1, 0.15) is 4.87 Å². The molecule has 2 aromatic carbocycles. The van der Waals surface area contributed by atoms with Gasteiger partial charge in [-0.1, -0.05) is 48.5 Å². The van der Waals surface area contributed by atoms with Gasteiger partial charge in [0.05, 0.1) is 5.75 Å². The Labute approximate surface area is 136 Å². The number of nitrogens with zero attached hydrogens (tertiary/aromatic N) is 1. The summed E-state index contributed by atoms with van der Waals surface area (Å²) in [5.41, 5.74) is 2.43. The Kier molecular flexibility index (Phi) is 3.09. The molecule has 0 bridgehead atoms. The summed E-state index contributed by atoms with van der Waals surface area (Å²) in [7, 11) is 0. The van der Waals surface area contributed by atoms with Crippen molar-refractivity contribution in [1.29, 1.82) is 0 Å². The number of amides is 1. The lowest BCUT2D eigenvalue weighted by Crippen LogP contribution is -2.45. The van der Waals surface area contributed by atoms with E-state index in [1.165, 1.54) is 11.8 Å².